The first-order chi connectivity index (χ1) is 5.30. The standard InChI is InChI=1S/C9H19NO2/c1-6-7(2)10(8(11)12)9(3,4)5/h7H,6H2,1-5H3,(H,11,12). The van der Waals surface area contributed by atoms with E-state index in [4.69, 9.17) is 5.11 Å². The van der Waals surface area contributed by atoms with Gasteiger partial charge >= 0.3 is 6.09 Å². The molecule has 3 nitrogen and oxygen atoms in total. The van der Waals surface area contributed by atoms with Gasteiger partial charge in [0, 0.05) is 11.6 Å². The Bertz CT molecular complexity index is 160. The molecule has 1 N–H and O–H groups in total. The van der Waals surface area contributed by atoms with Crippen LogP contribution in [-0.4, -0.2) is 27.7 Å². The molecule has 1 amide bonds. The van der Waals surface area contributed by atoms with Gasteiger partial charge in [0.2, 0.25) is 0 Å². The molecule has 0 aliphatic heterocycles. The molecule has 0 fully saturated rings. The summed E-state index contributed by atoms with van der Waals surface area (Å²) in [4.78, 5) is 12.4. The molecule has 3 heteroatoms. The van der Waals surface area contributed by atoms with Crippen molar-refractivity contribution in [2.45, 2.75) is 52.6 Å². The van der Waals surface area contributed by atoms with E-state index in [0.717, 1.165) is 6.42 Å². The third-order valence-corrected chi connectivity index (χ3v) is 1.96. The van der Waals surface area contributed by atoms with Crippen LogP contribution < -0.4 is 0 Å². The summed E-state index contributed by atoms with van der Waals surface area (Å²) in [6.07, 6.45) is 0.0145. The Morgan fingerprint density at radius 1 is 1.50 bits per heavy atom. The van der Waals surface area contributed by atoms with E-state index in [0.29, 0.717) is 0 Å². The van der Waals surface area contributed by atoms with Gasteiger partial charge in [-0.2, -0.15) is 0 Å². The third-order valence-electron chi connectivity index (χ3n) is 1.96. The topological polar surface area (TPSA) is 40.5 Å². The Hall–Kier alpha value is -0.730. The predicted molar refractivity (Wildman–Crippen MR) is 49.4 cm³/mol. The largest absolute Gasteiger partial charge is 0.465 e. The van der Waals surface area contributed by atoms with E-state index in [9.17, 15) is 4.79 Å². The highest BCUT2D eigenvalue weighted by Gasteiger charge is 2.29. The van der Waals surface area contributed by atoms with Crippen molar-refractivity contribution >= 4 is 6.09 Å². The number of hydrogen-bond acceptors (Lipinski definition) is 1. The predicted octanol–water partition coefficient (Wildman–Crippen LogP) is 2.56. The Kier molecular flexibility index (Phi) is 3.55. The Morgan fingerprint density at radius 2 is 1.92 bits per heavy atom. The molecule has 0 heterocycles. The molecule has 0 aliphatic rings. The molecule has 72 valence electrons. The zero-order chi connectivity index (χ0) is 9.94. The first-order valence-corrected chi connectivity index (χ1v) is 4.33. The van der Waals surface area contributed by atoms with Crippen molar-refractivity contribution in [1.82, 2.24) is 4.90 Å². The Labute approximate surface area is 74.4 Å². The van der Waals surface area contributed by atoms with Crippen LogP contribution in [0, 0.1) is 0 Å². The van der Waals surface area contributed by atoms with Crippen LogP contribution in [0.15, 0.2) is 0 Å². The number of amides is 1. The van der Waals surface area contributed by atoms with Crippen molar-refractivity contribution in [2.75, 3.05) is 0 Å². The van der Waals surface area contributed by atoms with E-state index in [1.165, 1.54) is 4.90 Å². The van der Waals surface area contributed by atoms with Crippen LogP contribution in [0.3, 0.4) is 0 Å². The molecule has 0 aliphatic carbocycles. The van der Waals surface area contributed by atoms with Crippen LogP contribution in [0.2, 0.25) is 0 Å². The number of carboxylic acid groups (broad SMARTS) is 1. The molecular formula is C9H19NO2. The van der Waals surface area contributed by atoms with Gasteiger partial charge in [-0.3, -0.25) is 0 Å². The lowest BCUT2D eigenvalue weighted by molar-refractivity contribution is 0.0743. The van der Waals surface area contributed by atoms with E-state index in [2.05, 4.69) is 0 Å². The van der Waals surface area contributed by atoms with Gasteiger partial charge in [-0.25, -0.2) is 4.79 Å². The SMILES string of the molecule is CCC(C)N(C(=O)O)C(C)(C)C. The maximum atomic E-state index is 10.9. The second-order valence-electron chi connectivity index (χ2n) is 4.08. The third kappa shape index (κ3) is 2.72. The fourth-order valence-corrected chi connectivity index (χ4v) is 1.32. The fraction of sp³-hybridized carbons (Fsp3) is 0.889. The van der Waals surface area contributed by atoms with Crippen LogP contribution in [0.1, 0.15) is 41.0 Å². The molecule has 0 bridgehead atoms. The number of hydrogen-bond donors (Lipinski definition) is 1. The quantitative estimate of drug-likeness (QED) is 0.697. The van der Waals surface area contributed by atoms with E-state index < -0.39 is 6.09 Å². The van der Waals surface area contributed by atoms with Crippen LogP contribution in [0.5, 0.6) is 0 Å². The monoisotopic (exact) mass is 173 g/mol. The lowest BCUT2D eigenvalue weighted by atomic mass is 10.0. The molecule has 0 aromatic carbocycles. The first kappa shape index (κ1) is 11.3. The van der Waals surface area contributed by atoms with Crippen LogP contribution in [0.25, 0.3) is 0 Å². The normalized spacial score (nSPS) is 14.1. The minimum Gasteiger partial charge on any atom is -0.465 e. The van der Waals surface area contributed by atoms with Crippen LogP contribution in [-0.2, 0) is 0 Å². The summed E-state index contributed by atoms with van der Waals surface area (Å²) in [6, 6.07) is 0.0856. The summed E-state index contributed by atoms with van der Waals surface area (Å²) in [7, 11) is 0. The second kappa shape index (κ2) is 3.78. The molecule has 12 heavy (non-hydrogen) atoms. The number of rotatable bonds is 2. The second-order valence-corrected chi connectivity index (χ2v) is 4.08. The number of carbonyl (C=O) groups is 1. The van der Waals surface area contributed by atoms with Gasteiger partial charge in [-0.05, 0) is 34.1 Å². The van der Waals surface area contributed by atoms with Gasteiger partial charge in [-0.15, -0.1) is 0 Å². The number of nitrogens with zero attached hydrogens (tertiary/aromatic N) is 1. The minimum atomic E-state index is -0.836. The summed E-state index contributed by atoms with van der Waals surface area (Å²) in [5.74, 6) is 0. The molecule has 0 rings (SSSR count). The van der Waals surface area contributed by atoms with Crippen LogP contribution in [0.4, 0.5) is 4.79 Å². The van der Waals surface area contributed by atoms with Crippen molar-refractivity contribution in [1.29, 1.82) is 0 Å². The highest BCUT2D eigenvalue weighted by atomic mass is 16.4. The molecule has 0 spiro atoms. The summed E-state index contributed by atoms with van der Waals surface area (Å²) >= 11 is 0. The fourth-order valence-electron chi connectivity index (χ4n) is 1.32. The van der Waals surface area contributed by atoms with E-state index in [-0.39, 0.29) is 11.6 Å². The Morgan fingerprint density at radius 3 is 2.00 bits per heavy atom. The van der Waals surface area contributed by atoms with E-state index in [1.54, 1.807) is 0 Å². The van der Waals surface area contributed by atoms with E-state index in [1.807, 2.05) is 34.6 Å². The molecule has 0 saturated heterocycles. The zero-order valence-corrected chi connectivity index (χ0v) is 8.59. The van der Waals surface area contributed by atoms with E-state index >= 15 is 0 Å². The average molecular weight is 173 g/mol. The molecule has 0 saturated carbocycles. The molecule has 1 atom stereocenters. The minimum absolute atomic E-state index is 0.0856. The molecular weight excluding hydrogens is 154 g/mol. The summed E-state index contributed by atoms with van der Waals surface area (Å²) < 4.78 is 0. The van der Waals surface area contributed by atoms with Gasteiger partial charge in [0.15, 0.2) is 0 Å². The van der Waals surface area contributed by atoms with Gasteiger partial charge < -0.3 is 10.0 Å². The van der Waals surface area contributed by atoms with Crippen molar-refractivity contribution in [2.24, 2.45) is 0 Å². The smallest absolute Gasteiger partial charge is 0.407 e. The Balaban J connectivity index is 4.56. The van der Waals surface area contributed by atoms with Crippen molar-refractivity contribution < 1.29 is 9.90 Å². The van der Waals surface area contributed by atoms with Gasteiger partial charge in [-0.1, -0.05) is 6.92 Å². The first-order valence-electron chi connectivity index (χ1n) is 4.33. The molecule has 0 radical (unpaired) electrons. The summed E-state index contributed by atoms with van der Waals surface area (Å²) in [5, 5.41) is 8.94. The molecule has 1 unspecified atom stereocenters. The van der Waals surface area contributed by atoms with Gasteiger partial charge in [0.1, 0.15) is 0 Å². The summed E-state index contributed by atoms with van der Waals surface area (Å²) in [6.45, 7) is 9.65. The van der Waals surface area contributed by atoms with Crippen LogP contribution >= 0.6 is 0 Å². The van der Waals surface area contributed by atoms with Crippen molar-refractivity contribution in [3.63, 3.8) is 0 Å². The highest BCUT2D eigenvalue weighted by molar-refractivity contribution is 5.66. The maximum Gasteiger partial charge on any atom is 0.407 e. The van der Waals surface area contributed by atoms with Crippen molar-refractivity contribution in [3.8, 4) is 0 Å². The zero-order valence-electron chi connectivity index (χ0n) is 8.59. The molecule has 0 aromatic rings. The van der Waals surface area contributed by atoms with Gasteiger partial charge in [0.05, 0.1) is 0 Å². The van der Waals surface area contributed by atoms with Crippen molar-refractivity contribution in [3.05, 3.63) is 0 Å². The average Bonchev–Trinajstić information content (AvgIpc) is 1.83. The lowest BCUT2D eigenvalue weighted by Crippen LogP contribution is -2.49. The van der Waals surface area contributed by atoms with Gasteiger partial charge in [0.25, 0.3) is 0 Å². The maximum absolute atomic E-state index is 10.9. The molecule has 0 aromatic heterocycles. The lowest BCUT2D eigenvalue weighted by Gasteiger charge is -2.37. The highest BCUT2D eigenvalue weighted by Crippen LogP contribution is 2.18. The summed E-state index contributed by atoms with van der Waals surface area (Å²) in [5.41, 5.74) is -0.304.